The smallest absolute Gasteiger partial charge is 0.00719 e. The maximum Gasteiger partial charge on any atom is 0.00719 e. The minimum atomic E-state index is 0.871. The van der Waals surface area contributed by atoms with Crippen molar-refractivity contribution in [1.82, 2.24) is 0 Å². The largest absolute Gasteiger partial charge is 0.0924 e. The molecule has 1 aliphatic carbocycles. The minimum absolute atomic E-state index is 0.871. The van der Waals surface area contributed by atoms with Crippen LogP contribution in [0.1, 0.15) is 36.3 Å². The Hall–Kier alpha value is -0.300. The molecule has 0 N–H and O–H groups in total. The fourth-order valence-corrected chi connectivity index (χ4v) is 2.41. The van der Waals surface area contributed by atoms with E-state index in [1.807, 2.05) is 0 Å². The molecule has 0 saturated heterocycles. The lowest BCUT2D eigenvalue weighted by molar-refractivity contribution is 0.417. The van der Waals surface area contributed by atoms with E-state index in [1.54, 1.807) is 11.1 Å². The fraction of sp³-hybridized carbons (Fsp3) is 0.500. The molecule has 0 bridgehead atoms. The number of benzene rings is 1. The van der Waals surface area contributed by atoms with Crippen molar-refractivity contribution in [3.8, 4) is 0 Å². The Morgan fingerprint density at radius 3 is 2.62 bits per heavy atom. The number of aryl methyl sites for hydroxylation is 1. The second-order valence-corrected chi connectivity index (χ2v) is 4.56. The first kappa shape index (κ1) is 9.26. The molecule has 0 aliphatic heterocycles. The van der Waals surface area contributed by atoms with E-state index in [1.165, 1.54) is 25.7 Å². The lowest BCUT2D eigenvalue weighted by Gasteiger charge is -2.27. The van der Waals surface area contributed by atoms with Crippen LogP contribution in [0.4, 0.5) is 0 Å². The summed E-state index contributed by atoms with van der Waals surface area (Å²) in [5.74, 6) is 0.871. The van der Waals surface area contributed by atoms with Crippen LogP contribution in [0.5, 0.6) is 0 Å². The van der Waals surface area contributed by atoms with Crippen LogP contribution < -0.4 is 0 Å². The van der Waals surface area contributed by atoms with Crippen molar-refractivity contribution in [1.29, 1.82) is 0 Å². The molecule has 1 aromatic carbocycles. The summed E-state index contributed by atoms with van der Waals surface area (Å²) in [6.45, 7) is 0. The van der Waals surface area contributed by atoms with E-state index in [2.05, 4.69) is 40.2 Å². The minimum Gasteiger partial charge on any atom is -0.0924 e. The van der Waals surface area contributed by atoms with Crippen LogP contribution in [0, 0.1) is 0 Å². The molecular weight excluding hydrogens is 224 g/mol. The van der Waals surface area contributed by atoms with Crippen LogP contribution in [0.2, 0.25) is 0 Å². The van der Waals surface area contributed by atoms with Gasteiger partial charge in [0.2, 0.25) is 0 Å². The molecule has 0 amide bonds. The van der Waals surface area contributed by atoms with Gasteiger partial charge >= 0.3 is 0 Å². The van der Waals surface area contributed by atoms with Gasteiger partial charge in [0.15, 0.2) is 0 Å². The van der Waals surface area contributed by atoms with Gasteiger partial charge < -0.3 is 0 Å². The SMILES string of the molecule is BrCCc1ccccc1C1CCC1. The van der Waals surface area contributed by atoms with Crippen LogP contribution in [0.15, 0.2) is 24.3 Å². The molecule has 1 saturated carbocycles. The van der Waals surface area contributed by atoms with Crippen LogP contribution in [-0.2, 0) is 6.42 Å². The molecule has 1 aromatic rings. The number of alkyl halides is 1. The van der Waals surface area contributed by atoms with E-state index in [9.17, 15) is 0 Å². The van der Waals surface area contributed by atoms with Crippen LogP contribution in [-0.4, -0.2) is 5.33 Å². The van der Waals surface area contributed by atoms with Crippen molar-refractivity contribution in [2.24, 2.45) is 0 Å². The molecule has 0 atom stereocenters. The van der Waals surface area contributed by atoms with Gasteiger partial charge in [-0.05, 0) is 36.3 Å². The first-order valence-corrected chi connectivity index (χ1v) is 6.17. The number of rotatable bonds is 3. The second-order valence-electron chi connectivity index (χ2n) is 3.77. The highest BCUT2D eigenvalue weighted by molar-refractivity contribution is 9.09. The van der Waals surface area contributed by atoms with Gasteiger partial charge in [-0.15, -0.1) is 0 Å². The molecule has 1 aliphatic rings. The summed E-state index contributed by atoms with van der Waals surface area (Å²) in [5.41, 5.74) is 3.15. The van der Waals surface area contributed by atoms with Crippen molar-refractivity contribution < 1.29 is 0 Å². The molecule has 0 unspecified atom stereocenters. The first-order chi connectivity index (χ1) is 6.42. The quantitative estimate of drug-likeness (QED) is 0.702. The fourth-order valence-electron chi connectivity index (χ4n) is 1.98. The summed E-state index contributed by atoms with van der Waals surface area (Å²) in [5, 5.41) is 1.08. The molecule has 0 radical (unpaired) electrons. The molecule has 0 aromatic heterocycles. The normalized spacial score (nSPS) is 17.0. The molecule has 1 heteroatoms. The van der Waals surface area contributed by atoms with Crippen molar-refractivity contribution >= 4 is 15.9 Å². The molecule has 13 heavy (non-hydrogen) atoms. The van der Waals surface area contributed by atoms with Gasteiger partial charge in [-0.25, -0.2) is 0 Å². The van der Waals surface area contributed by atoms with E-state index in [0.717, 1.165) is 11.2 Å². The Morgan fingerprint density at radius 2 is 2.00 bits per heavy atom. The molecule has 1 fully saturated rings. The summed E-state index contributed by atoms with van der Waals surface area (Å²) in [7, 11) is 0. The van der Waals surface area contributed by atoms with Gasteiger partial charge in [-0.3, -0.25) is 0 Å². The number of halogens is 1. The maximum atomic E-state index is 3.51. The van der Waals surface area contributed by atoms with Gasteiger partial charge in [0.05, 0.1) is 0 Å². The predicted octanol–water partition coefficient (Wildman–Crippen LogP) is 3.89. The average Bonchev–Trinajstić information content (AvgIpc) is 2.05. The predicted molar refractivity (Wildman–Crippen MR) is 60.5 cm³/mol. The Morgan fingerprint density at radius 1 is 1.23 bits per heavy atom. The topological polar surface area (TPSA) is 0 Å². The lowest BCUT2D eigenvalue weighted by Crippen LogP contribution is -2.11. The Labute approximate surface area is 88.5 Å². The van der Waals surface area contributed by atoms with E-state index >= 15 is 0 Å². The van der Waals surface area contributed by atoms with Crippen molar-refractivity contribution in [2.45, 2.75) is 31.6 Å². The van der Waals surface area contributed by atoms with Crippen LogP contribution in [0.3, 0.4) is 0 Å². The Kier molecular flexibility index (Phi) is 3.05. The Bertz CT molecular complexity index is 276. The standard InChI is InChI=1S/C12H15Br/c13-9-8-11-4-1-2-7-12(11)10-5-3-6-10/h1-2,4,7,10H,3,5-6,8-9H2. The highest BCUT2D eigenvalue weighted by atomic mass is 79.9. The maximum absolute atomic E-state index is 3.51. The van der Waals surface area contributed by atoms with E-state index in [0.29, 0.717) is 0 Å². The summed E-state index contributed by atoms with van der Waals surface area (Å²) in [4.78, 5) is 0. The van der Waals surface area contributed by atoms with Crippen LogP contribution in [0.25, 0.3) is 0 Å². The third kappa shape index (κ3) is 1.96. The van der Waals surface area contributed by atoms with Crippen LogP contribution >= 0.6 is 15.9 Å². The van der Waals surface area contributed by atoms with Crippen molar-refractivity contribution in [3.63, 3.8) is 0 Å². The summed E-state index contributed by atoms with van der Waals surface area (Å²) >= 11 is 3.51. The highest BCUT2D eigenvalue weighted by Gasteiger charge is 2.21. The first-order valence-electron chi connectivity index (χ1n) is 5.05. The van der Waals surface area contributed by atoms with E-state index < -0.39 is 0 Å². The third-order valence-electron chi connectivity index (χ3n) is 2.96. The van der Waals surface area contributed by atoms with Crippen molar-refractivity contribution in [2.75, 3.05) is 5.33 Å². The zero-order chi connectivity index (χ0) is 9.10. The van der Waals surface area contributed by atoms with Gasteiger partial charge in [-0.2, -0.15) is 0 Å². The van der Waals surface area contributed by atoms with Gasteiger partial charge in [0.25, 0.3) is 0 Å². The number of hydrogen-bond acceptors (Lipinski definition) is 0. The molecule has 0 heterocycles. The second kappa shape index (κ2) is 4.28. The van der Waals surface area contributed by atoms with E-state index in [4.69, 9.17) is 0 Å². The van der Waals surface area contributed by atoms with E-state index in [-0.39, 0.29) is 0 Å². The summed E-state index contributed by atoms with van der Waals surface area (Å²) < 4.78 is 0. The zero-order valence-electron chi connectivity index (χ0n) is 7.80. The molecule has 0 nitrogen and oxygen atoms in total. The molecular formula is C12H15Br. The zero-order valence-corrected chi connectivity index (χ0v) is 9.39. The molecule has 70 valence electrons. The average molecular weight is 239 g/mol. The van der Waals surface area contributed by atoms with Crippen molar-refractivity contribution in [3.05, 3.63) is 35.4 Å². The lowest BCUT2D eigenvalue weighted by atomic mass is 9.78. The summed E-state index contributed by atoms with van der Waals surface area (Å²) in [6.07, 6.45) is 5.40. The molecule has 2 rings (SSSR count). The van der Waals surface area contributed by atoms with Gasteiger partial charge in [-0.1, -0.05) is 46.6 Å². The van der Waals surface area contributed by atoms with Gasteiger partial charge in [0, 0.05) is 5.33 Å². The monoisotopic (exact) mass is 238 g/mol. The van der Waals surface area contributed by atoms with Gasteiger partial charge in [0.1, 0.15) is 0 Å². The number of hydrogen-bond donors (Lipinski definition) is 0. The third-order valence-corrected chi connectivity index (χ3v) is 3.36. The Balaban J connectivity index is 2.20. The summed E-state index contributed by atoms with van der Waals surface area (Å²) in [6, 6.07) is 8.91. The molecule has 0 spiro atoms. The highest BCUT2D eigenvalue weighted by Crippen LogP contribution is 2.37.